The Bertz CT molecular complexity index is 876. The lowest BCUT2D eigenvalue weighted by Crippen LogP contribution is -2.49. The fourth-order valence-corrected chi connectivity index (χ4v) is 3.82. The van der Waals surface area contributed by atoms with Crippen LogP contribution in [-0.4, -0.2) is 45.7 Å². The summed E-state index contributed by atoms with van der Waals surface area (Å²) in [6.45, 7) is 6.70. The van der Waals surface area contributed by atoms with Crippen molar-refractivity contribution in [1.82, 2.24) is 15.3 Å². The maximum absolute atomic E-state index is 12.1. The number of aromatic amines is 1. The number of amides is 1. The topological polar surface area (TPSA) is 113 Å². The molecule has 1 saturated heterocycles. The van der Waals surface area contributed by atoms with Crippen LogP contribution in [0.15, 0.2) is 16.9 Å². The molecule has 2 aromatic rings. The molecule has 2 aromatic heterocycles. The van der Waals surface area contributed by atoms with Crippen molar-refractivity contribution in [2.75, 3.05) is 18.0 Å². The van der Waals surface area contributed by atoms with E-state index in [2.05, 4.69) is 31.2 Å². The zero-order valence-electron chi connectivity index (χ0n) is 15.4. The number of nitrogens with zero attached hydrogens (tertiary/aromatic N) is 3. The summed E-state index contributed by atoms with van der Waals surface area (Å²) >= 11 is 3.48. The molecule has 1 amide bonds. The molecule has 3 rings (SSSR count). The Balaban J connectivity index is 1.86. The summed E-state index contributed by atoms with van der Waals surface area (Å²) in [4.78, 5) is 32.2. The smallest absolute Gasteiger partial charge is 0.407 e. The number of piperidine rings is 1. The quantitative estimate of drug-likeness (QED) is 0.556. The van der Waals surface area contributed by atoms with Crippen molar-refractivity contribution in [3.8, 4) is 0 Å². The van der Waals surface area contributed by atoms with Gasteiger partial charge in [0.2, 0.25) is 0 Å². The number of nitro groups is 1. The Morgan fingerprint density at radius 1 is 1.52 bits per heavy atom. The van der Waals surface area contributed by atoms with Crippen molar-refractivity contribution in [3.05, 3.63) is 27.0 Å². The van der Waals surface area contributed by atoms with Gasteiger partial charge < -0.3 is 19.9 Å². The van der Waals surface area contributed by atoms with E-state index < -0.39 is 16.6 Å². The molecule has 0 radical (unpaired) electrons. The number of ether oxygens (including phenoxy) is 1. The van der Waals surface area contributed by atoms with Crippen molar-refractivity contribution in [2.24, 2.45) is 0 Å². The molecule has 0 aliphatic carbocycles. The van der Waals surface area contributed by atoms with Crippen LogP contribution in [0.2, 0.25) is 0 Å². The Hall–Kier alpha value is -2.36. The number of pyridine rings is 1. The SMILES string of the molecule is CC(C)(C)OC(=O)N[C@@H]1CCCN(c2c(Br)cnc3[nH]cc([N+](=O)[O-])c23)C1. The fraction of sp³-hybridized carbons (Fsp3) is 0.529. The molecule has 1 aliphatic heterocycles. The monoisotopic (exact) mass is 439 g/mol. The third-order valence-corrected chi connectivity index (χ3v) is 4.84. The van der Waals surface area contributed by atoms with Crippen molar-refractivity contribution in [1.29, 1.82) is 0 Å². The van der Waals surface area contributed by atoms with Gasteiger partial charge in [-0.1, -0.05) is 0 Å². The number of nitrogens with one attached hydrogen (secondary N) is 2. The van der Waals surface area contributed by atoms with E-state index in [9.17, 15) is 14.9 Å². The number of hydrogen-bond acceptors (Lipinski definition) is 6. The van der Waals surface area contributed by atoms with Gasteiger partial charge in [0.15, 0.2) is 0 Å². The summed E-state index contributed by atoms with van der Waals surface area (Å²) in [5, 5.41) is 14.8. The molecule has 2 N–H and O–H groups in total. The standard InChI is InChI=1S/C17H22BrN5O4/c1-17(2,3)27-16(24)21-10-5-4-6-22(9-10)14-11(18)7-19-15-13(14)12(8-20-15)23(25)26/h7-8,10H,4-6,9H2,1-3H3,(H,19,20)(H,21,24)/t10-/m1/s1. The van der Waals surface area contributed by atoms with E-state index in [0.29, 0.717) is 27.7 Å². The molecule has 1 atom stereocenters. The normalized spacial score (nSPS) is 17.8. The van der Waals surface area contributed by atoms with Gasteiger partial charge in [-0.15, -0.1) is 0 Å². The van der Waals surface area contributed by atoms with Gasteiger partial charge in [-0.2, -0.15) is 0 Å². The van der Waals surface area contributed by atoms with Gasteiger partial charge in [-0.3, -0.25) is 10.1 Å². The lowest BCUT2D eigenvalue weighted by molar-refractivity contribution is -0.383. The van der Waals surface area contributed by atoms with Gasteiger partial charge in [0.25, 0.3) is 5.69 Å². The van der Waals surface area contributed by atoms with E-state index in [0.717, 1.165) is 19.4 Å². The molecule has 0 bridgehead atoms. The molecule has 0 unspecified atom stereocenters. The molecule has 27 heavy (non-hydrogen) atoms. The van der Waals surface area contributed by atoms with E-state index >= 15 is 0 Å². The predicted molar refractivity (Wildman–Crippen MR) is 105 cm³/mol. The summed E-state index contributed by atoms with van der Waals surface area (Å²) in [7, 11) is 0. The van der Waals surface area contributed by atoms with Crippen molar-refractivity contribution in [2.45, 2.75) is 45.3 Å². The van der Waals surface area contributed by atoms with Crippen molar-refractivity contribution >= 4 is 44.4 Å². The molecule has 9 nitrogen and oxygen atoms in total. The number of halogens is 1. The van der Waals surface area contributed by atoms with Crippen LogP contribution in [0.4, 0.5) is 16.2 Å². The lowest BCUT2D eigenvalue weighted by atomic mass is 10.0. The maximum atomic E-state index is 12.1. The largest absolute Gasteiger partial charge is 0.444 e. The van der Waals surface area contributed by atoms with E-state index in [1.54, 1.807) is 6.20 Å². The number of aromatic nitrogens is 2. The molecule has 146 valence electrons. The predicted octanol–water partition coefficient (Wildman–Crippen LogP) is 3.73. The van der Waals surface area contributed by atoms with Gasteiger partial charge in [-0.25, -0.2) is 9.78 Å². The number of H-pyrrole nitrogens is 1. The number of rotatable bonds is 3. The van der Waals surface area contributed by atoms with Gasteiger partial charge >= 0.3 is 6.09 Å². The second-order valence-corrected chi connectivity index (χ2v) is 8.40. The molecule has 3 heterocycles. The Labute approximate surface area is 164 Å². The van der Waals surface area contributed by atoms with E-state index in [1.807, 2.05) is 25.7 Å². The molecule has 0 aromatic carbocycles. The van der Waals surface area contributed by atoms with Crippen LogP contribution >= 0.6 is 15.9 Å². The second-order valence-electron chi connectivity index (χ2n) is 7.54. The summed E-state index contributed by atoms with van der Waals surface area (Å²) in [5.41, 5.74) is 0.589. The minimum atomic E-state index is -0.565. The highest BCUT2D eigenvalue weighted by molar-refractivity contribution is 9.10. The first-order chi connectivity index (χ1) is 12.7. The molecule has 1 aliphatic rings. The number of hydrogen-bond donors (Lipinski definition) is 2. The van der Waals surface area contributed by atoms with Crippen LogP contribution in [0.5, 0.6) is 0 Å². The van der Waals surface area contributed by atoms with Crippen LogP contribution in [0.1, 0.15) is 33.6 Å². The lowest BCUT2D eigenvalue weighted by Gasteiger charge is -2.35. The highest BCUT2D eigenvalue weighted by Gasteiger charge is 2.29. The van der Waals surface area contributed by atoms with Gasteiger partial charge in [0.1, 0.15) is 16.6 Å². The van der Waals surface area contributed by atoms with Crippen LogP contribution in [0, 0.1) is 10.1 Å². The minimum Gasteiger partial charge on any atom is -0.444 e. The molecule has 1 fully saturated rings. The Morgan fingerprint density at radius 2 is 2.26 bits per heavy atom. The fourth-order valence-electron chi connectivity index (χ4n) is 3.26. The van der Waals surface area contributed by atoms with E-state index in [1.165, 1.54) is 6.20 Å². The number of alkyl carbamates (subject to hydrolysis) is 1. The first kappa shape index (κ1) is 19.4. The first-order valence-electron chi connectivity index (χ1n) is 8.70. The molecule has 0 saturated carbocycles. The van der Waals surface area contributed by atoms with Crippen molar-refractivity contribution in [3.63, 3.8) is 0 Å². The maximum Gasteiger partial charge on any atom is 0.407 e. The number of fused-ring (bicyclic) bond motifs is 1. The third kappa shape index (κ3) is 4.32. The summed E-state index contributed by atoms with van der Waals surface area (Å²) < 4.78 is 6.01. The number of carbonyl (C=O) groups is 1. The second kappa shape index (κ2) is 7.34. The highest BCUT2D eigenvalue weighted by atomic mass is 79.9. The molecule has 0 spiro atoms. The Kier molecular flexibility index (Phi) is 5.27. The van der Waals surface area contributed by atoms with Crippen molar-refractivity contribution < 1.29 is 14.5 Å². The highest BCUT2D eigenvalue weighted by Crippen LogP contribution is 2.39. The summed E-state index contributed by atoms with van der Waals surface area (Å²) in [5.74, 6) is 0. The van der Waals surface area contributed by atoms with Crippen LogP contribution in [-0.2, 0) is 4.74 Å². The van der Waals surface area contributed by atoms with Crippen LogP contribution < -0.4 is 10.2 Å². The zero-order chi connectivity index (χ0) is 19.8. The summed E-state index contributed by atoms with van der Waals surface area (Å²) in [6, 6.07) is -0.110. The first-order valence-corrected chi connectivity index (χ1v) is 9.49. The Morgan fingerprint density at radius 3 is 2.93 bits per heavy atom. The molecular formula is C17H22BrN5O4. The van der Waals surface area contributed by atoms with Crippen LogP contribution in [0.3, 0.4) is 0 Å². The van der Waals surface area contributed by atoms with E-state index in [-0.39, 0.29) is 11.7 Å². The molecule has 10 heteroatoms. The number of carbonyl (C=O) groups excluding carboxylic acids is 1. The van der Waals surface area contributed by atoms with Gasteiger partial charge in [0.05, 0.1) is 21.3 Å². The van der Waals surface area contributed by atoms with Gasteiger partial charge in [0, 0.05) is 25.3 Å². The average Bonchev–Trinajstić information content (AvgIpc) is 2.97. The summed E-state index contributed by atoms with van der Waals surface area (Å²) in [6.07, 6.45) is 4.18. The molecular weight excluding hydrogens is 418 g/mol. The van der Waals surface area contributed by atoms with E-state index in [4.69, 9.17) is 4.74 Å². The zero-order valence-corrected chi connectivity index (χ0v) is 17.0. The van der Waals surface area contributed by atoms with Crippen LogP contribution in [0.25, 0.3) is 11.0 Å². The number of anilines is 1. The average molecular weight is 440 g/mol. The van der Waals surface area contributed by atoms with Gasteiger partial charge in [-0.05, 0) is 49.5 Å². The minimum absolute atomic E-state index is 0.0176. The third-order valence-electron chi connectivity index (χ3n) is 4.26.